The van der Waals surface area contributed by atoms with E-state index in [2.05, 4.69) is 4.90 Å². The van der Waals surface area contributed by atoms with Gasteiger partial charge in [-0.05, 0) is 37.0 Å². The number of carboxylic acids is 1. The summed E-state index contributed by atoms with van der Waals surface area (Å²) in [5.74, 6) is 0.0694. The first-order valence-electron chi connectivity index (χ1n) is 6.14. The first kappa shape index (κ1) is 9.64. The van der Waals surface area contributed by atoms with Crippen LogP contribution >= 0.6 is 0 Å². The van der Waals surface area contributed by atoms with Gasteiger partial charge in [-0.2, -0.15) is 0 Å². The molecule has 0 amide bonds. The summed E-state index contributed by atoms with van der Waals surface area (Å²) in [5.41, 5.74) is 0.631. The predicted octanol–water partition coefficient (Wildman–Crippen LogP) is 1.73. The molecule has 3 heteroatoms. The number of nitrogens with zero attached hydrogens (tertiary/aromatic N) is 1. The Balaban J connectivity index is 1.57. The second kappa shape index (κ2) is 3.21. The Morgan fingerprint density at radius 3 is 2.47 bits per heavy atom. The van der Waals surface area contributed by atoms with Gasteiger partial charge in [-0.15, -0.1) is 0 Å². The maximum absolute atomic E-state index is 10.8. The van der Waals surface area contributed by atoms with Crippen molar-refractivity contribution in [2.24, 2.45) is 11.3 Å². The van der Waals surface area contributed by atoms with Gasteiger partial charge in [0, 0.05) is 19.1 Å². The van der Waals surface area contributed by atoms with Crippen LogP contribution in [0.5, 0.6) is 0 Å². The summed E-state index contributed by atoms with van der Waals surface area (Å²) in [4.78, 5) is 13.2. The lowest BCUT2D eigenvalue weighted by Crippen LogP contribution is -2.63. The second-order valence-electron chi connectivity index (χ2n) is 5.76. The fourth-order valence-corrected chi connectivity index (χ4v) is 3.30. The molecule has 1 unspecified atom stereocenters. The highest BCUT2D eigenvalue weighted by molar-refractivity contribution is 5.67. The van der Waals surface area contributed by atoms with Gasteiger partial charge < -0.3 is 5.11 Å². The highest BCUT2D eigenvalue weighted by Gasteiger charge is 2.51. The van der Waals surface area contributed by atoms with E-state index in [9.17, 15) is 4.79 Å². The van der Waals surface area contributed by atoms with Crippen molar-refractivity contribution in [3.8, 4) is 0 Å². The molecule has 1 atom stereocenters. The van der Waals surface area contributed by atoms with Gasteiger partial charge in [0.05, 0.1) is 6.42 Å². The van der Waals surface area contributed by atoms with E-state index >= 15 is 0 Å². The van der Waals surface area contributed by atoms with Crippen molar-refractivity contribution in [2.45, 2.75) is 44.6 Å². The summed E-state index contributed by atoms with van der Waals surface area (Å²) in [5, 5.41) is 8.90. The quantitative estimate of drug-likeness (QED) is 0.766. The SMILES string of the molecule is O=C(O)CC(C1CC1)N1CC2(CCC2)C1. The Morgan fingerprint density at radius 2 is 2.07 bits per heavy atom. The van der Waals surface area contributed by atoms with Crippen molar-refractivity contribution in [1.82, 2.24) is 4.90 Å². The Bertz CT molecular complexity index is 273. The topological polar surface area (TPSA) is 40.5 Å². The van der Waals surface area contributed by atoms with Crippen LogP contribution in [0.25, 0.3) is 0 Å². The van der Waals surface area contributed by atoms with Crippen molar-refractivity contribution in [2.75, 3.05) is 13.1 Å². The van der Waals surface area contributed by atoms with Gasteiger partial charge in [-0.3, -0.25) is 9.69 Å². The zero-order valence-corrected chi connectivity index (χ0v) is 9.11. The zero-order chi connectivity index (χ0) is 10.5. The molecule has 3 fully saturated rings. The molecule has 3 aliphatic rings. The Morgan fingerprint density at radius 1 is 1.40 bits per heavy atom. The summed E-state index contributed by atoms with van der Waals surface area (Å²) in [6.07, 6.45) is 7.02. The van der Waals surface area contributed by atoms with Gasteiger partial charge in [-0.1, -0.05) is 6.42 Å². The first-order chi connectivity index (χ1) is 7.19. The average molecular weight is 209 g/mol. The zero-order valence-electron chi connectivity index (χ0n) is 9.11. The number of aliphatic carboxylic acids is 1. The van der Waals surface area contributed by atoms with Crippen molar-refractivity contribution in [3.05, 3.63) is 0 Å². The number of likely N-dealkylation sites (tertiary alicyclic amines) is 1. The van der Waals surface area contributed by atoms with Crippen LogP contribution in [0.1, 0.15) is 38.5 Å². The second-order valence-corrected chi connectivity index (χ2v) is 5.76. The van der Waals surface area contributed by atoms with E-state index in [1.807, 2.05) is 0 Å². The molecule has 1 heterocycles. The van der Waals surface area contributed by atoms with Gasteiger partial charge in [0.15, 0.2) is 0 Å². The smallest absolute Gasteiger partial charge is 0.304 e. The molecule has 0 aromatic carbocycles. The molecule has 2 aliphatic carbocycles. The molecule has 15 heavy (non-hydrogen) atoms. The maximum atomic E-state index is 10.8. The normalized spacial score (nSPS) is 30.7. The summed E-state index contributed by atoms with van der Waals surface area (Å²) in [6, 6.07) is 0.355. The minimum Gasteiger partial charge on any atom is -0.481 e. The van der Waals surface area contributed by atoms with Gasteiger partial charge in [0.1, 0.15) is 0 Å². The molecule has 0 aromatic heterocycles. The predicted molar refractivity (Wildman–Crippen MR) is 56.6 cm³/mol. The van der Waals surface area contributed by atoms with E-state index < -0.39 is 5.97 Å². The monoisotopic (exact) mass is 209 g/mol. The van der Waals surface area contributed by atoms with Crippen LogP contribution in [0, 0.1) is 11.3 Å². The fourth-order valence-electron chi connectivity index (χ4n) is 3.30. The van der Waals surface area contributed by atoms with Gasteiger partial charge in [-0.25, -0.2) is 0 Å². The van der Waals surface area contributed by atoms with Crippen LogP contribution in [0.3, 0.4) is 0 Å². The number of carboxylic acid groups (broad SMARTS) is 1. The van der Waals surface area contributed by atoms with E-state index in [4.69, 9.17) is 5.11 Å². The van der Waals surface area contributed by atoms with E-state index in [0.717, 1.165) is 0 Å². The lowest BCUT2D eigenvalue weighted by atomic mass is 9.63. The fraction of sp³-hybridized carbons (Fsp3) is 0.917. The van der Waals surface area contributed by atoms with Crippen molar-refractivity contribution in [3.63, 3.8) is 0 Å². The van der Waals surface area contributed by atoms with Crippen LogP contribution in [0.2, 0.25) is 0 Å². The molecular formula is C12H19NO2. The van der Waals surface area contributed by atoms with Crippen molar-refractivity contribution in [1.29, 1.82) is 0 Å². The standard InChI is InChI=1S/C12H19NO2/c14-11(15)6-10(9-2-3-9)13-7-12(8-13)4-1-5-12/h9-10H,1-8H2,(H,14,15). The van der Waals surface area contributed by atoms with Crippen molar-refractivity contribution < 1.29 is 9.90 Å². The molecule has 0 radical (unpaired) electrons. The average Bonchev–Trinajstić information content (AvgIpc) is 2.77. The Kier molecular flexibility index (Phi) is 2.06. The molecule has 1 saturated heterocycles. The van der Waals surface area contributed by atoms with E-state index in [1.165, 1.54) is 45.2 Å². The third-order valence-corrected chi connectivity index (χ3v) is 4.51. The van der Waals surface area contributed by atoms with E-state index in [1.54, 1.807) is 0 Å². The molecular weight excluding hydrogens is 190 g/mol. The summed E-state index contributed by atoms with van der Waals surface area (Å²) < 4.78 is 0. The third-order valence-electron chi connectivity index (χ3n) is 4.51. The van der Waals surface area contributed by atoms with Crippen LogP contribution < -0.4 is 0 Å². The van der Waals surface area contributed by atoms with Gasteiger partial charge >= 0.3 is 5.97 Å². The highest BCUT2D eigenvalue weighted by atomic mass is 16.4. The molecule has 2 saturated carbocycles. The molecule has 0 aromatic rings. The van der Waals surface area contributed by atoms with Crippen LogP contribution in [-0.4, -0.2) is 35.1 Å². The lowest BCUT2D eigenvalue weighted by Gasteiger charge is -2.58. The summed E-state index contributed by atoms with van der Waals surface area (Å²) >= 11 is 0. The molecule has 1 aliphatic heterocycles. The first-order valence-corrected chi connectivity index (χ1v) is 6.14. The molecule has 1 N–H and O–H groups in total. The van der Waals surface area contributed by atoms with Crippen LogP contribution in [0.4, 0.5) is 0 Å². The molecule has 1 spiro atoms. The molecule has 84 valence electrons. The maximum Gasteiger partial charge on any atom is 0.304 e. The Hall–Kier alpha value is -0.570. The number of carbonyl (C=O) groups is 1. The molecule has 3 rings (SSSR count). The minimum absolute atomic E-state index is 0.355. The summed E-state index contributed by atoms with van der Waals surface area (Å²) in [6.45, 7) is 2.36. The van der Waals surface area contributed by atoms with Crippen molar-refractivity contribution >= 4 is 5.97 Å². The lowest BCUT2D eigenvalue weighted by molar-refractivity contribution is -0.142. The molecule has 3 nitrogen and oxygen atoms in total. The number of hydrogen-bond donors (Lipinski definition) is 1. The molecule has 0 bridgehead atoms. The third kappa shape index (κ3) is 1.67. The highest BCUT2D eigenvalue weighted by Crippen LogP contribution is 2.51. The number of hydrogen-bond acceptors (Lipinski definition) is 2. The van der Waals surface area contributed by atoms with Crippen LogP contribution in [-0.2, 0) is 4.79 Å². The minimum atomic E-state index is -0.624. The van der Waals surface area contributed by atoms with Gasteiger partial charge in [0.25, 0.3) is 0 Å². The Labute approximate surface area is 90.5 Å². The van der Waals surface area contributed by atoms with Gasteiger partial charge in [0.2, 0.25) is 0 Å². The number of rotatable bonds is 4. The largest absolute Gasteiger partial charge is 0.481 e. The van der Waals surface area contributed by atoms with Crippen LogP contribution in [0.15, 0.2) is 0 Å². The van der Waals surface area contributed by atoms with E-state index in [0.29, 0.717) is 23.8 Å². The summed E-state index contributed by atoms with van der Waals surface area (Å²) in [7, 11) is 0. The van der Waals surface area contributed by atoms with E-state index in [-0.39, 0.29) is 0 Å².